The molecule has 0 saturated carbocycles. The molecule has 0 fully saturated rings. The number of nitrogens with zero attached hydrogens (tertiary/aromatic N) is 6. The van der Waals surface area contributed by atoms with E-state index in [4.69, 9.17) is 0 Å². The Balaban J connectivity index is 1.36. The molecule has 146 valence electrons. The van der Waals surface area contributed by atoms with Gasteiger partial charge in [-0.15, -0.1) is 0 Å². The maximum absolute atomic E-state index is 4.62. The van der Waals surface area contributed by atoms with Gasteiger partial charge in [-0.25, -0.2) is 15.0 Å². The van der Waals surface area contributed by atoms with Gasteiger partial charge in [0.15, 0.2) is 5.82 Å². The minimum atomic E-state index is 0.214. The highest BCUT2D eigenvalue weighted by atomic mass is 15.2. The van der Waals surface area contributed by atoms with Crippen molar-refractivity contribution in [3.8, 4) is 11.4 Å². The lowest BCUT2D eigenvalue weighted by molar-refractivity contribution is 0.227. The van der Waals surface area contributed by atoms with Gasteiger partial charge in [-0.2, -0.15) is 5.10 Å². The fourth-order valence-electron chi connectivity index (χ4n) is 4.05. The third-order valence-electron chi connectivity index (χ3n) is 5.53. The van der Waals surface area contributed by atoms with Crippen molar-refractivity contribution in [1.82, 2.24) is 34.6 Å². The highest BCUT2D eigenvalue weighted by molar-refractivity contribution is 5.59. The summed E-state index contributed by atoms with van der Waals surface area (Å²) in [4.78, 5) is 19.5. The number of imidazole rings is 1. The van der Waals surface area contributed by atoms with Crippen molar-refractivity contribution < 1.29 is 0 Å². The van der Waals surface area contributed by atoms with Crippen molar-refractivity contribution in [3.63, 3.8) is 0 Å². The van der Waals surface area contributed by atoms with E-state index in [-0.39, 0.29) is 5.92 Å². The predicted octanol–water partition coefficient (Wildman–Crippen LogP) is 3.06. The van der Waals surface area contributed by atoms with E-state index in [1.807, 2.05) is 42.5 Å². The zero-order valence-electron chi connectivity index (χ0n) is 16.6. The fraction of sp³-hybridized carbons (Fsp3) is 0.273. The predicted molar refractivity (Wildman–Crippen MR) is 110 cm³/mol. The van der Waals surface area contributed by atoms with Crippen LogP contribution < -0.4 is 0 Å². The highest BCUT2D eigenvalue weighted by Gasteiger charge is 2.29. The number of aryl methyl sites for hydroxylation is 2. The van der Waals surface area contributed by atoms with Gasteiger partial charge in [0.25, 0.3) is 0 Å². The molecule has 1 atom stereocenters. The molecule has 0 spiro atoms. The summed E-state index contributed by atoms with van der Waals surface area (Å²) in [5.74, 6) is 0.987. The molecule has 0 saturated heterocycles. The number of rotatable bonds is 4. The molecule has 0 bridgehead atoms. The standard InChI is InChI=1S/C22H23N7/c1-15-5-3-4-6-18(15)22-23-7-16(8-24-22)10-29-12-19(17-9-27-28(2)11-17)21-20(13-29)25-14-26-21/h3-9,11,14,19H,10,12-13H2,1-2H3,(H,25,26). The van der Waals surface area contributed by atoms with E-state index in [0.717, 1.165) is 42.3 Å². The quantitative estimate of drug-likeness (QED) is 0.584. The molecule has 5 rings (SSSR count). The first kappa shape index (κ1) is 17.8. The number of fused-ring (bicyclic) bond motifs is 1. The van der Waals surface area contributed by atoms with Gasteiger partial charge in [-0.3, -0.25) is 9.58 Å². The van der Waals surface area contributed by atoms with Crippen LogP contribution >= 0.6 is 0 Å². The Hall–Kier alpha value is -3.32. The SMILES string of the molecule is Cc1ccccc1-c1ncc(CN2Cc3[nH]cnc3C(c3cnn(C)c3)C2)cn1. The van der Waals surface area contributed by atoms with Crippen molar-refractivity contribution >= 4 is 0 Å². The molecule has 1 aliphatic heterocycles. The van der Waals surface area contributed by atoms with Gasteiger partial charge in [-0.05, 0) is 12.5 Å². The number of hydrogen-bond donors (Lipinski definition) is 1. The molecule has 7 nitrogen and oxygen atoms in total. The van der Waals surface area contributed by atoms with Crippen LogP contribution in [0.15, 0.2) is 55.4 Å². The number of H-pyrrole nitrogens is 1. The van der Waals surface area contributed by atoms with Gasteiger partial charge in [-0.1, -0.05) is 24.3 Å². The summed E-state index contributed by atoms with van der Waals surface area (Å²) in [6.07, 6.45) is 9.68. The minimum absolute atomic E-state index is 0.214. The molecule has 7 heteroatoms. The zero-order valence-corrected chi connectivity index (χ0v) is 16.6. The van der Waals surface area contributed by atoms with Crippen LogP contribution in [-0.4, -0.2) is 41.2 Å². The molecular weight excluding hydrogens is 362 g/mol. The van der Waals surface area contributed by atoms with E-state index < -0.39 is 0 Å². The van der Waals surface area contributed by atoms with Crippen molar-refractivity contribution in [1.29, 1.82) is 0 Å². The zero-order chi connectivity index (χ0) is 19.8. The van der Waals surface area contributed by atoms with Gasteiger partial charge in [0.05, 0.1) is 23.9 Å². The lowest BCUT2D eigenvalue weighted by Crippen LogP contribution is -2.33. The summed E-state index contributed by atoms with van der Waals surface area (Å²) in [6, 6.07) is 8.20. The molecule has 4 aromatic rings. The average Bonchev–Trinajstić information content (AvgIpc) is 3.37. The van der Waals surface area contributed by atoms with Gasteiger partial charge in [0, 0.05) is 67.9 Å². The third-order valence-corrected chi connectivity index (χ3v) is 5.53. The second-order valence-electron chi connectivity index (χ2n) is 7.67. The number of aromatic amines is 1. The largest absolute Gasteiger partial charge is 0.347 e. The van der Waals surface area contributed by atoms with Crippen molar-refractivity contribution in [2.45, 2.75) is 25.9 Å². The van der Waals surface area contributed by atoms with Crippen molar-refractivity contribution in [3.05, 3.63) is 83.5 Å². The molecular formula is C22H23N7. The number of hydrogen-bond acceptors (Lipinski definition) is 5. The molecule has 0 radical (unpaired) electrons. The maximum atomic E-state index is 4.62. The van der Waals surface area contributed by atoms with Crippen LogP contribution in [0.5, 0.6) is 0 Å². The topological polar surface area (TPSA) is 75.5 Å². The van der Waals surface area contributed by atoms with Crippen LogP contribution in [0.3, 0.4) is 0 Å². The first-order chi connectivity index (χ1) is 14.2. The van der Waals surface area contributed by atoms with Crippen LogP contribution in [0.1, 0.15) is 34.0 Å². The highest BCUT2D eigenvalue weighted by Crippen LogP contribution is 2.32. The summed E-state index contributed by atoms with van der Waals surface area (Å²) >= 11 is 0. The molecule has 29 heavy (non-hydrogen) atoms. The number of nitrogens with one attached hydrogen (secondary N) is 1. The first-order valence-electron chi connectivity index (χ1n) is 9.77. The van der Waals surface area contributed by atoms with Gasteiger partial charge in [0.2, 0.25) is 0 Å². The van der Waals surface area contributed by atoms with E-state index in [1.165, 1.54) is 16.8 Å². The van der Waals surface area contributed by atoms with Crippen LogP contribution in [0.25, 0.3) is 11.4 Å². The third kappa shape index (κ3) is 3.45. The molecule has 0 aliphatic carbocycles. The monoisotopic (exact) mass is 385 g/mol. The summed E-state index contributed by atoms with van der Waals surface area (Å²) in [7, 11) is 1.95. The van der Waals surface area contributed by atoms with Gasteiger partial charge < -0.3 is 4.98 Å². The van der Waals surface area contributed by atoms with E-state index in [0.29, 0.717) is 0 Å². The molecule has 1 aliphatic rings. The molecule has 1 aromatic carbocycles. The fourth-order valence-corrected chi connectivity index (χ4v) is 4.05. The smallest absolute Gasteiger partial charge is 0.159 e. The van der Waals surface area contributed by atoms with E-state index in [9.17, 15) is 0 Å². The number of aromatic nitrogens is 6. The Morgan fingerprint density at radius 1 is 1.10 bits per heavy atom. The second kappa shape index (κ2) is 7.25. The molecule has 4 heterocycles. The molecule has 1 N–H and O–H groups in total. The Morgan fingerprint density at radius 3 is 2.69 bits per heavy atom. The van der Waals surface area contributed by atoms with Gasteiger partial charge >= 0.3 is 0 Å². The number of benzene rings is 1. The van der Waals surface area contributed by atoms with Crippen LogP contribution in [0, 0.1) is 6.92 Å². The molecule has 1 unspecified atom stereocenters. The summed E-state index contributed by atoms with van der Waals surface area (Å²) in [5, 5.41) is 4.34. The van der Waals surface area contributed by atoms with Crippen LogP contribution in [-0.2, 0) is 20.1 Å². The minimum Gasteiger partial charge on any atom is -0.347 e. The van der Waals surface area contributed by atoms with Gasteiger partial charge in [0.1, 0.15) is 0 Å². The van der Waals surface area contributed by atoms with Crippen LogP contribution in [0.4, 0.5) is 0 Å². The van der Waals surface area contributed by atoms with Crippen LogP contribution in [0.2, 0.25) is 0 Å². The Morgan fingerprint density at radius 2 is 1.93 bits per heavy atom. The van der Waals surface area contributed by atoms with E-state index >= 15 is 0 Å². The van der Waals surface area contributed by atoms with Crippen molar-refractivity contribution in [2.75, 3.05) is 6.54 Å². The Labute approximate surface area is 169 Å². The average molecular weight is 385 g/mol. The molecule has 3 aromatic heterocycles. The van der Waals surface area contributed by atoms with E-state index in [1.54, 1.807) is 6.33 Å². The summed E-state index contributed by atoms with van der Waals surface area (Å²) < 4.78 is 1.85. The summed E-state index contributed by atoms with van der Waals surface area (Å²) in [5.41, 5.74) is 6.85. The normalized spacial score (nSPS) is 16.7. The second-order valence-corrected chi connectivity index (χ2v) is 7.67. The van der Waals surface area contributed by atoms with Crippen molar-refractivity contribution in [2.24, 2.45) is 7.05 Å². The lowest BCUT2D eigenvalue weighted by Gasteiger charge is -2.31. The Kier molecular flexibility index (Phi) is 4.44. The Bertz CT molecular complexity index is 1130. The summed E-state index contributed by atoms with van der Waals surface area (Å²) in [6.45, 7) is 4.61. The maximum Gasteiger partial charge on any atom is 0.159 e. The molecule has 0 amide bonds. The van der Waals surface area contributed by atoms with E-state index in [2.05, 4.69) is 55.2 Å². The lowest BCUT2D eigenvalue weighted by atomic mass is 9.93. The first-order valence-corrected chi connectivity index (χ1v) is 9.77.